The van der Waals surface area contributed by atoms with Gasteiger partial charge in [-0.1, -0.05) is 12.1 Å². The molecule has 0 atom stereocenters. The van der Waals surface area contributed by atoms with Gasteiger partial charge in [0.1, 0.15) is 6.07 Å². The Kier molecular flexibility index (Phi) is 5.34. The number of aromatic nitrogens is 1. The fourth-order valence-corrected chi connectivity index (χ4v) is 5.54. The molecule has 0 bridgehead atoms. The first kappa shape index (κ1) is 20.9. The quantitative estimate of drug-likeness (QED) is 0.577. The minimum atomic E-state index is -3.33. The van der Waals surface area contributed by atoms with Crippen LogP contribution in [0.1, 0.15) is 50.1 Å². The van der Waals surface area contributed by atoms with Crippen molar-refractivity contribution in [3.63, 3.8) is 0 Å². The second kappa shape index (κ2) is 8.18. The predicted molar refractivity (Wildman–Crippen MR) is 130 cm³/mol. The maximum Gasteiger partial charge on any atom is 0.229 e. The van der Waals surface area contributed by atoms with Gasteiger partial charge < -0.3 is 9.47 Å². The number of rotatable bonds is 5. The fraction of sp³-hybridized carbons (Fsp3) is 0.400. The molecule has 1 saturated heterocycles. The molecule has 0 radical (unpaired) electrons. The summed E-state index contributed by atoms with van der Waals surface area (Å²) in [5.41, 5.74) is 5.45. The monoisotopic (exact) mass is 448 g/mol. The Morgan fingerprint density at radius 1 is 1.00 bits per heavy atom. The van der Waals surface area contributed by atoms with Crippen LogP contribution in [0, 0.1) is 11.3 Å². The maximum atomic E-state index is 11.6. The van der Waals surface area contributed by atoms with Crippen LogP contribution >= 0.6 is 0 Å². The third kappa shape index (κ3) is 3.84. The van der Waals surface area contributed by atoms with Crippen LogP contribution in [0.3, 0.4) is 0 Å². The summed E-state index contributed by atoms with van der Waals surface area (Å²) in [4.78, 5) is 2.46. The van der Waals surface area contributed by atoms with Crippen LogP contribution in [0.15, 0.2) is 42.5 Å². The minimum absolute atomic E-state index is 0.389. The van der Waals surface area contributed by atoms with E-state index >= 15 is 0 Å². The van der Waals surface area contributed by atoms with Crippen LogP contribution in [0.4, 0.5) is 11.4 Å². The number of nitrogens with zero attached hydrogens (tertiary/aromatic N) is 3. The van der Waals surface area contributed by atoms with Gasteiger partial charge in [-0.05, 0) is 74.4 Å². The molecule has 1 aliphatic heterocycles. The van der Waals surface area contributed by atoms with E-state index in [0.717, 1.165) is 54.3 Å². The SMILES string of the molecule is CS(=O)(=O)Nc1ccc(-c2c(C#N)c3ccc(N4CCCCC4)cc3n2C2CCC2)cc1. The first-order valence-corrected chi connectivity index (χ1v) is 13.2. The number of sulfonamides is 1. The molecule has 1 N–H and O–H groups in total. The van der Waals surface area contributed by atoms with E-state index in [4.69, 9.17) is 0 Å². The summed E-state index contributed by atoms with van der Waals surface area (Å²) in [6.07, 6.45) is 8.32. The second-order valence-electron chi connectivity index (χ2n) is 8.99. The third-order valence-corrected chi connectivity index (χ3v) is 7.33. The molecule has 1 aliphatic carbocycles. The molecule has 2 aromatic carbocycles. The Morgan fingerprint density at radius 3 is 2.31 bits per heavy atom. The van der Waals surface area contributed by atoms with E-state index < -0.39 is 10.0 Å². The highest BCUT2D eigenvalue weighted by molar-refractivity contribution is 7.92. The van der Waals surface area contributed by atoms with Gasteiger partial charge >= 0.3 is 0 Å². The third-order valence-electron chi connectivity index (χ3n) is 6.72. The Morgan fingerprint density at radius 2 is 1.72 bits per heavy atom. The molecule has 3 aromatic rings. The first-order valence-electron chi connectivity index (χ1n) is 11.4. The molecule has 0 spiro atoms. The van der Waals surface area contributed by atoms with Gasteiger partial charge in [-0.25, -0.2) is 8.42 Å². The van der Waals surface area contributed by atoms with Gasteiger partial charge in [0, 0.05) is 35.9 Å². The van der Waals surface area contributed by atoms with Crippen LogP contribution in [0.2, 0.25) is 0 Å². The number of nitriles is 1. The zero-order valence-electron chi connectivity index (χ0n) is 18.3. The Bertz CT molecular complexity index is 1290. The Hall–Kier alpha value is -2.98. The van der Waals surface area contributed by atoms with E-state index in [-0.39, 0.29) is 0 Å². The van der Waals surface area contributed by atoms with Crippen molar-refractivity contribution >= 4 is 32.3 Å². The summed E-state index contributed by atoms with van der Waals surface area (Å²) >= 11 is 0. The van der Waals surface area contributed by atoms with Crippen molar-refractivity contribution in [1.82, 2.24) is 4.57 Å². The van der Waals surface area contributed by atoms with Crippen molar-refractivity contribution < 1.29 is 8.42 Å². The van der Waals surface area contributed by atoms with E-state index in [1.807, 2.05) is 12.1 Å². The van der Waals surface area contributed by atoms with Crippen molar-refractivity contribution in [2.75, 3.05) is 29.0 Å². The molecule has 6 nitrogen and oxygen atoms in total. The van der Waals surface area contributed by atoms with Gasteiger partial charge in [0.15, 0.2) is 0 Å². The van der Waals surface area contributed by atoms with Crippen LogP contribution in [-0.2, 0) is 10.0 Å². The van der Waals surface area contributed by atoms with Gasteiger partial charge in [-0.3, -0.25) is 4.72 Å². The van der Waals surface area contributed by atoms with Crippen LogP contribution in [-0.4, -0.2) is 32.3 Å². The average Bonchev–Trinajstić information content (AvgIpc) is 3.06. The highest BCUT2D eigenvalue weighted by Gasteiger charge is 2.28. The van der Waals surface area contributed by atoms with E-state index in [0.29, 0.717) is 17.3 Å². The summed E-state index contributed by atoms with van der Waals surface area (Å²) in [7, 11) is -3.33. The fourth-order valence-electron chi connectivity index (χ4n) is 4.98. The van der Waals surface area contributed by atoms with Crippen molar-refractivity contribution in [2.24, 2.45) is 0 Å². The Labute approximate surface area is 189 Å². The van der Waals surface area contributed by atoms with E-state index in [2.05, 4.69) is 38.5 Å². The van der Waals surface area contributed by atoms with E-state index in [1.54, 1.807) is 12.1 Å². The van der Waals surface area contributed by atoms with E-state index in [1.165, 1.54) is 31.4 Å². The van der Waals surface area contributed by atoms with Gasteiger partial charge in [0.05, 0.1) is 23.0 Å². The molecule has 2 fully saturated rings. The molecule has 7 heteroatoms. The zero-order chi connectivity index (χ0) is 22.3. The van der Waals surface area contributed by atoms with Gasteiger partial charge in [0.25, 0.3) is 0 Å². The summed E-state index contributed by atoms with van der Waals surface area (Å²) in [5.74, 6) is 0. The molecule has 5 rings (SSSR count). The highest BCUT2D eigenvalue weighted by Crippen LogP contribution is 2.43. The Balaban J connectivity index is 1.65. The van der Waals surface area contributed by atoms with Crippen molar-refractivity contribution in [2.45, 2.75) is 44.6 Å². The maximum absolute atomic E-state index is 11.6. The summed E-state index contributed by atoms with van der Waals surface area (Å²) in [6, 6.07) is 16.7. The number of hydrogen-bond donors (Lipinski definition) is 1. The number of fused-ring (bicyclic) bond motifs is 1. The standard InChI is InChI=1S/C25H28N4O2S/c1-32(30,31)27-19-10-8-18(9-11-19)25-23(17-26)22-13-12-21(28-14-3-2-4-15-28)16-24(22)29(25)20-6-5-7-20/h8-13,16,20,27H,2-7,14-15H2,1H3. The number of nitrogens with one attached hydrogen (secondary N) is 1. The van der Waals surface area contributed by atoms with Crippen LogP contribution in [0.25, 0.3) is 22.2 Å². The van der Waals surface area contributed by atoms with Crippen LogP contribution < -0.4 is 9.62 Å². The van der Waals surface area contributed by atoms with Crippen molar-refractivity contribution in [1.29, 1.82) is 5.26 Å². The molecule has 0 unspecified atom stereocenters. The van der Waals surface area contributed by atoms with Crippen molar-refractivity contribution in [3.05, 3.63) is 48.0 Å². The topological polar surface area (TPSA) is 78.1 Å². The van der Waals surface area contributed by atoms with Crippen LogP contribution in [0.5, 0.6) is 0 Å². The molecule has 2 aliphatic rings. The zero-order valence-corrected chi connectivity index (χ0v) is 19.2. The largest absolute Gasteiger partial charge is 0.371 e. The number of hydrogen-bond acceptors (Lipinski definition) is 4. The highest BCUT2D eigenvalue weighted by atomic mass is 32.2. The minimum Gasteiger partial charge on any atom is -0.371 e. The molecule has 166 valence electrons. The van der Waals surface area contributed by atoms with Gasteiger partial charge in [-0.15, -0.1) is 0 Å². The van der Waals surface area contributed by atoms with Gasteiger partial charge in [0.2, 0.25) is 10.0 Å². The molecule has 1 aromatic heterocycles. The second-order valence-corrected chi connectivity index (χ2v) is 10.7. The smallest absolute Gasteiger partial charge is 0.229 e. The van der Waals surface area contributed by atoms with Crippen molar-refractivity contribution in [3.8, 4) is 17.3 Å². The average molecular weight is 449 g/mol. The number of benzene rings is 2. The number of piperidine rings is 1. The predicted octanol–water partition coefficient (Wildman–Crippen LogP) is 5.27. The first-order chi connectivity index (χ1) is 15.4. The summed E-state index contributed by atoms with van der Waals surface area (Å²) in [6.45, 7) is 2.17. The van der Waals surface area contributed by atoms with E-state index in [9.17, 15) is 13.7 Å². The summed E-state index contributed by atoms with van der Waals surface area (Å²) < 4.78 is 28.0. The molecule has 1 saturated carbocycles. The lowest BCUT2D eigenvalue weighted by molar-refractivity contribution is 0.324. The normalized spacial score (nSPS) is 17.2. The lowest BCUT2D eigenvalue weighted by atomic mass is 9.92. The lowest BCUT2D eigenvalue weighted by Gasteiger charge is -2.31. The molecular formula is C25H28N4O2S. The van der Waals surface area contributed by atoms with Gasteiger partial charge in [-0.2, -0.15) is 5.26 Å². The molecular weight excluding hydrogens is 420 g/mol. The number of anilines is 2. The molecule has 2 heterocycles. The summed E-state index contributed by atoms with van der Waals surface area (Å²) in [5, 5.41) is 11.1. The lowest BCUT2D eigenvalue weighted by Crippen LogP contribution is -2.29. The molecule has 0 amide bonds. The molecule has 32 heavy (non-hydrogen) atoms.